The molecule has 27 heavy (non-hydrogen) atoms. The summed E-state index contributed by atoms with van der Waals surface area (Å²) < 4.78 is 5.43. The molecule has 2 aromatic carbocycles. The van der Waals surface area contributed by atoms with Gasteiger partial charge in [-0.3, -0.25) is 4.79 Å². The van der Waals surface area contributed by atoms with Crippen molar-refractivity contribution in [2.45, 2.75) is 19.4 Å². The fraction of sp³-hybridized carbons (Fsp3) is 0.273. The molecule has 3 aromatic rings. The molecule has 4 rings (SSSR count). The smallest absolute Gasteiger partial charge is 0.410 e. The Morgan fingerprint density at radius 1 is 1.07 bits per heavy atom. The summed E-state index contributed by atoms with van der Waals surface area (Å²) in [6.45, 7) is 1.29. The van der Waals surface area contributed by atoms with Crippen LogP contribution in [0.25, 0.3) is 10.9 Å². The molecule has 0 unspecified atom stereocenters. The highest BCUT2D eigenvalue weighted by molar-refractivity contribution is 6.09. The number of rotatable bonds is 4. The fourth-order valence-corrected chi connectivity index (χ4v) is 3.66. The number of nitrogens with zero attached hydrogens (tertiary/aromatic N) is 1. The van der Waals surface area contributed by atoms with Crippen LogP contribution >= 0.6 is 0 Å². The number of ether oxygens (including phenoxy) is 1. The predicted molar refractivity (Wildman–Crippen MR) is 104 cm³/mol. The van der Waals surface area contributed by atoms with Gasteiger partial charge in [-0.2, -0.15) is 0 Å². The zero-order valence-electron chi connectivity index (χ0n) is 15.1. The van der Waals surface area contributed by atoms with Gasteiger partial charge in [0.2, 0.25) is 0 Å². The molecule has 0 radical (unpaired) electrons. The maximum Gasteiger partial charge on any atom is 0.410 e. The number of likely N-dealkylation sites (tertiary alicyclic amines) is 1. The zero-order chi connectivity index (χ0) is 18.6. The maximum absolute atomic E-state index is 13.0. The molecule has 0 spiro atoms. The first-order valence-electron chi connectivity index (χ1n) is 9.28. The number of ketones is 1. The summed E-state index contributed by atoms with van der Waals surface area (Å²) in [5.41, 5.74) is 2.61. The van der Waals surface area contributed by atoms with Crippen molar-refractivity contribution < 1.29 is 14.3 Å². The van der Waals surface area contributed by atoms with E-state index in [1.165, 1.54) is 0 Å². The minimum absolute atomic E-state index is 0.0907. The Morgan fingerprint density at radius 3 is 2.70 bits per heavy atom. The number of para-hydroxylation sites is 1. The fourth-order valence-electron chi connectivity index (χ4n) is 3.66. The van der Waals surface area contributed by atoms with Crippen molar-refractivity contribution in [2.75, 3.05) is 13.1 Å². The average Bonchev–Trinajstić information content (AvgIpc) is 3.16. The van der Waals surface area contributed by atoms with Crippen molar-refractivity contribution in [3.05, 3.63) is 71.9 Å². The summed E-state index contributed by atoms with van der Waals surface area (Å²) in [5, 5.41) is 0.936. The van der Waals surface area contributed by atoms with Crippen LogP contribution in [0.2, 0.25) is 0 Å². The van der Waals surface area contributed by atoms with Crippen molar-refractivity contribution in [2.24, 2.45) is 5.92 Å². The molecule has 1 fully saturated rings. The number of piperidine rings is 1. The highest BCUT2D eigenvalue weighted by atomic mass is 16.6. The standard InChI is InChI=1S/C22H22N2O3/c25-21(19-13-23-20-11-5-4-10-18(19)20)17-9-6-12-24(14-17)22(26)27-15-16-7-2-1-3-8-16/h1-5,7-8,10-11,13,17,23H,6,9,12,14-15H2/t17-/m0/s1. The minimum atomic E-state index is -0.352. The molecule has 1 atom stereocenters. The number of benzene rings is 2. The van der Waals surface area contributed by atoms with Crippen molar-refractivity contribution >= 4 is 22.8 Å². The molecule has 0 aliphatic carbocycles. The Labute approximate surface area is 157 Å². The van der Waals surface area contributed by atoms with E-state index in [4.69, 9.17) is 4.74 Å². The lowest BCUT2D eigenvalue weighted by Crippen LogP contribution is -2.42. The van der Waals surface area contributed by atoms with E-state index in [1.54, 1.807) is 11.1 Å². The van der Waals surface area contributed by atoms with Gasteiger partial charge >= 0.3 is 6.09 Å². The molecular formula is C22H22N2O3. The summed E-state index contributed by atoms with van der Waals surface area (Å²) in [5.74, 6) is -0.102. The van der Waals surface area contributed by atoms with Gasteiger partial charge < -0.3 is 14.6 Å². The molecule has 1 saturated heterocycles. The first-order chi connectivity index (χ1) is 13.2. The van der Waals surface area contributed by atoms with Crippen LogP contribution in [0.15, 0.2) is 60.8 Å². The van der Waals surface area contributed by atoms with Crippen molar-refractivity contribution in [3.8, 4) is 0 Å². The summed E-state index contributed by atoms with van der Waals surface area (Å²) in [4.78, 5) is 30.3. The van der Waals surface area contributed by atoms with Crippen molar-refractivity contribution in [3.63, 3.8) is 0 Å². The number of carbonyl (C=O) groups is 2. The number of amides is 1. The second kappa shape index (κ2) is 7.66. The summed E-state index contributed by atoms with van der Waals surface area (Å²) in [6, 6.07) is 17.4. The summed E-state index contributed by atoms with van der Waals surface area (Å²) in [6.07, 6.45) is 3.02. The van der Waals surface area contributed by atoms with E-state index >= 15 is 0 Å². The minimum Gasteiger partial charge on any atom is -0.445 e. The summed E-state index contributed by atoms with van der Waals surface area (Å²) >= 11 is 0. The van der Waals surface area contributed by atoms with E-state index in [-0.39, 0.29) is 24.4 Å². The van der Waals surface area contributed by atoms with E-state index in [0.29, 0.717) is 18.7 Å². The van der Waals surface area contributed by atoms with Crippen molar-refractivity contribution in [1.82, 2.24) is 9.88 Å². The van der Waals surface area contributed by atoms with E-state index in [0.717, 1.165) is 29.3 Å². The van der Waals surface area contributed by atoms with Crippen LogP contribution in [0, 0.1) is 5.92 Å². The Bertz CT molecular complexity index is 948. The normalized spacial score (nSPS) is 17.0. The van der Waals surface area contributed by atoms with E-state index in [1.807, 2.05) is 54.6 Å². The van der Waals surface area contributed by atoms with Gasteiger partial charge in [0.15, 0.2) is 5.78 Å². The van der Waals surface area contributed by atoms with Crippen LogP contribution in [-0.4, -0.2) is 34.8 Å². The van der Waals surface area contributed by atoms with Crippen LogP contribution in [0.4, 0.5) is 4.79 Å². The molecule has 5 heteroatoms. The number of nitrogens with one attached hydrogen (secondary N) is 1. The van der Waals surface area contributed by atoms with E-state index in [2.05, 4.69) is 4.98 Å². The number of carbonyl (C=O) groups excluding carboxylic acids is 2. The van der Waals surface area contributed by atoms with Gasteiger partial charge in [-0.25, -0.2) is 4.79 Å². The highest BCUT2D eigenvalue weighted by Crippen LogP contribution is 2.26. The molecular weight excluding hydrogens is 340 g/mol. The van der Waals surface area contributed by atoms with Gasteiger partial charge in [0.1, 0.15) is 6.61 Å². The Kier molecular flexibility index (Phi) is 4.92. The quantitative estimate of drug-likeness (QED) is 0.700. The molecule has 2 heterocycles. The van der Waals surface area contributed by atoms with Crippen molar-refractivity contribution in [1.29, 1.82) is 0 Å². The first kappa shape index (κ1) is 17.3. The average molecular weight is 362 g/mol. The molecule has 1 aliphatic rings. The van der Waals surface area contributed by atoms with Gasteiger partial charge in [-0.05, 0) is 24.5 Å². The lowest BCUT2D eigenvalue weighted by molar-refractivity contribution is 0.0688. The molecule has 0 saturated carbocycles. The monoisotopic (exact) mass is 362 g/mol. The molecule has 138 valence electrons. The van der Waals surface area contributed by atoms with Gasteiger partial charge in [-0.1, -0.05) is 48.5 Å². The van der Waals surface area contributed by atoms with E-state index < -0.39 is 0 Å². The van der Waals surface area contributed by atoms with Crippen LogP contribution in [-0.2, 0) is 11.3 Å². The molecule has 1 N–H and O–H groups in total. The number of hydrogen-bond acceptors (Lipinski definition) is 3. The maximum atomic E-state index is 13.0. The van der Waals surface area contributed by atoms with Crippen LogP contribution in [0.3, 0.4) is 0 Å². The lowest BCUT2D eigenvalue weighted by atomic mass is 9.90. The highest BCUT2D eigenvalue weighted by Gasteiger charge is 2.30. The largest absolute Gasteiger partial charge is 0.445 e. The van der Waals surface area contributed by atoms with Crippen LogP contribution in [0.1, 0.15) is 28.8 Å². The molecule has 1 aliphatic heterocycles. The molecule has 1 amide bonds. The Balaban J connectivity index is 1.41. The second-order valence-corrected chi connectivity index (χ2v) is 6.94. The third-order valence-electron chi connectivity index (χ3n) is 5.11. The number of fused-ring (bicyclic) bond motifs is 1. The van der Waals surface area contributed by atoms with E-state index in [9.17, 15) is 9.59 Å². The number of Topliss-reactive ketones (excluding diaryl/α,β-unsaturated/α-hetero) is 1. The van der Waals surface area contributed by atoms with Gasteiger partial charge in [0, 0.05) is 41.7 Å². The molecule has 1 aromatic heterocycles. The Morgan fingerprint density at radius 2 is 1.85 bits per heavy atom. The second-order valence-electron chi connectivity index (χ2n) is 6.94. The van der Waals surface area contributed by atoms with Crippen LogP contribution in [0.5, 0.6) is 0 Å². The SMILES string of the molecule is O=C(c1c[nH]c2ccccc12)[C@H]1CCCN(C(=O)OCc2ccccc2)C1. The third kappa shape index (κ3) is 3.72. The molecule has 0 bridgehead atoms. The van der Waals surface area contributed by atoms with Gasteiger partial charge in [0.05, 0.1) is 0 Å². The number of aromatic amines is 1. The van der Waals surface area contributed by atoms with Crippen LogP contribution < -0.4 is 0 Å². The Hall–Kier alpha value is -3.08. The number of H-pyrrole nitrogens is 1. The number of hydrogen-bond donors (Lipinski definition) is 1. The number of aromatic nitrogens is 1. The first-order valence-corrected chi connectivity index (χ1v) is 9.28. The van der Waals surface area contributed by atoms with Gasteiger partial charge in [-0.15, -0.1) is 0 Å². The predicted octanol–water partition coefficient (Wildman–Crippen LogP) is 4.40. The summed E-state index contributed by atoms with van der Waals surface area (Å²) in [7, 11) is 0. The van der Waals surface area contributed by atoms with Gasteiger partial charge in [0.25, 0.3) is 0 Å². The lowest BCUT2D eigenvalue weighted by Gasteiger charge is -2.31. The topological polar surface area (TPSA) is 62.4 Å². The zero-order valence-corrected chi connectivity index (χ0v) is 15.1. The molecule has 5 nitrogen and oxygen atoms in total. The third-order valence-corrected chi connectivity index (χ3v) is 5.11.